The molecule has 5 heteroatoms. The van der Waals surface area contributed by atoms with E-state index in [4.69, 9.17) is 9.84 Å². The third-order valence-electron chi connectivity index (χ3n) is 2.15. The largest absolute Gasteiger partial charge is 0.504 e. The summed E-state index contributed by atoms with van der Waals surface area (Å²) in [6, 6.07) is 3.00. The van der Waals surface area contributed by atoms with E-state index in [1.165, 1.54) is 13.2 Å². The summed E-state index contributed by atoms with van der Waals surface area (Å²) in [5.74, 6) is -2.14. The Morgan fingerprint density at radius 3 is 2.50 bits per heavy atom. The van der Waals surface area contributed by atoms with Gasteiger partial charge in [-0.25, -0.2) is 4.79 Å². The molecule has 2 N–H and O–H groups in total. The maximum atomic E-state index is 11.0. The summed E-state index contributed by atoms with van der Waals surface area (Å²) in [4.78, 5) is 21.4. The van der Waals surface area contributed by atoms with E-state index in [1.807, 2.05) is 0 Å². The highest BCUT2D eigenvalue weighted by Crippen LogP contribution is 2.30. The summed E-state index contributed by atoms with van der Waals surface area (Å²) in [5.41, 5.74) is 1.03. The SMILES string of the molecule is COc1cc(CC(=O)C(=O)O)cc(C)c1O. The molecule has 0 atom stereocenters. The number of hydrogen-bond donors (Lipinski definition) is 2. The average Bonchev–Trinajstić information content (AvgIpc) is 2.22. The third kappa shape index (κ3) is 2.50. The molecule has 0 fully saturated rings. The van der Waals surface area contributed by atoms with E-state index in [-0.39, 0.29) is 17.9 Å². The van der Waals surface area contributed by atoms with Gasteiger partial charge in [0.25, 0.3) is 0 Å². The van der Waals surface area contributed by atoms with Gasteiger partial charge in [0.2, 0.25) is 5.78 Å². The van der Waals surface area contributed by atoms with Gasteiger partial charge in [-0.05, 0) is 24.1 Å². The number of rotatable bonds is 4. The molecule has 1 aromatic rings. The number of benzene rings is 1. The zero-order valence-corrected chi connectivity index (χ0v) is 8.98. The smallest absolute Gasteiger partial charge is 0.372 e. The number of aromatic hydroxyl groups is 1. The molecule has 1 rings (SSSR count). The van der Waals surface area contributed by atoms with Gasteiger partial charge in [-0.3, -0.25) is 4.79 Å². The molecule has 0 aliphatic heterocycles. The first kappa shape index (κ1) is 12.0. The van der Waals surface area contributed by atoms with Crippen LogP contribution >= 0.6 is 0 Å². The molecule has 0 aromatic heterocycles. The Hall–Kier alpha value is -2.04. The Bertz CT molecular complexity index is 436. The van der Waals surface area contributed by atoms with E-state index in [1.54, 1.807) is 13.0 Å². The van der Waals surface area contributed by atoms with Crippen molar-refractivity contribution in [2.45, 2.75) is 13.3 Å². The second-order valence-corrected chi connectivity index (χ2v) is 3.37. The summed E-state index contributed by atoms with van der Waals surface area (Å²) < 4.78 is 4.90. The van der Waals surface area contributed by atoms with E-state index in [0.717, 1.165) is 0 Å². The van der Waals surface area contributed by atoms with E-state index < -0.39 is 11.8 Å². The van der Waals surface area contributed by atoms with Crippen molar-refractivity contribution in [2.75, 3.05) is 7.11 Å². The molecular weight excluding hydrogens is 212 g/mol. The van der Waals surface area contributed by atoms with Crippen molar-refractivity contribution in [3.05, 3.63) is 23.3 Å². The molecule has 0 aliphatic carbocycles. The van der Waals surface area contributed by atoms with Crippen LogP contribution in [0.15, 0.2) is 12.1 Å². The summed E-state index contributed by atoms with van der Waals surface area (Å²) in [6.45, 7) is 1.65. The van der Waals surface area contributed by atoms with E-state index in [2.05, 4.69) is 0 Å². The van der Waals surface area contributed by atoms with Crippen LogP contribution in [0.1, 0.15) is 11.1 Å². The molecule has 5 nitrogen and oxygen atoms in total. The van der Waals surface area contributed by atoms with E-state index >= 15 is 0 Å². The zero-order chi connectivity index (χ0) is 12.3. The van der Waals surface area contributed by atoms with Crippen LogP contribution in [-0.2, 0) is 16.0 Å². The number of phenols is 1. The minimum absolute atomic E-state index is 0.00553. The maximum absolute atomic E-state index is 11.0. The van der Waals surface area contributed by atoms with Gasteiger partial charge in [-0.1, -0.05) is 6.07 Å². The van der Waals surface area contributed by atoms with Gasteiger partial charge < -0.3 is 14.9 Å². The fraction of sp³-hybridized carbons (Fsp3) is 0.273. The first-order valence-corrected chi connectivity index (χ1v) is 4.58. The van der Waals surface area contributed by atoms with Crippen LogP contribution in [-0.4, -0.2) is 29.1 Å². The van der Waals surface area contributed by atoms with Crippen molar-refractivity contribution < 1.29 is 24.5 Å². The van der Waals surface area contributed by atoms with Gasteiger partial charge in [-0.2, -0.15) is 0 Å². The molecule has 0 bridgehead atoms. The Kier molecular flexibility index (Phi) is 3.50. The second kappa shape index (κ2) is 4.65. The number of ketones is 1. The number of Topliss-reactive ketones (excluding diaryl/α,β-unsaturated/α-hetero) is 1. The quantitative estimate of drug-likeness (QED) is 0.742. The van der Waals surface area contributed by atoms with Crippen molar-refractivity contribution in [3.8, 4) is 11.5 Å². The molecular formula is C11H12O5. The number of aliphatic carboxylic acids is 1. The van der Waals surface area contributed by atoms with Crippen LogP contribution in [0.2, 0.25) is 0 Å². The van der Waals surface area contributed by atoms with Crippen molar-refractivity contribution in [1.29, 1.82) is 0 Å². The summed E-state index contributed by atoms with van der Waals surface area (Å²) in [6.07, 6.45) is -0.215. The number of carboxylic acids is 1. The lowest BCUT2D eigenvalue weighted by Gasteiger charge is -2.08. The standard InChI is InChI=1S/C11H12O5/c1-6-3-7(4-8(12)11(14)15)5-9(16-2)10(6)13/h3,5,13H,4H2,1-2H3,(H,14,15). The lowest BCUT2D eigenvalue weighted by molar-refractivity contribution is -0.148. The number of hydrogen-bond acceptors (Lipinski definition) is 4. The predicted molar refractivity (Wildman–Crippen MR) is 55.7 cm³/mol. The molecule has 0 saturated heterocycles. The summed E-state index contributed by atoms with van der Waals surface area (Å²) in [5, 5.41) is 18.0. The van der Waals surface area contributed by atoms with Gasteiger partial charge >= 0.3 is 5.97 Å². The average molecular weight is 224 g/mol. The molecule has 86 valence electrons. The fourth-order valence-electron chi connectivity index (χ4n) is 1.34. The number of ether oxygens (including phenoxy) is 1. The van der Waals surface area contributed by atoms with Crippen molar-refractivity contribution >= 4 is 11.8 Å². The summed E-state index contributed by atoms with van der Waals surface area (Å²) in [7, 11) is 1.39. The van der Waals surface area contributed by atoms with E-state index in [9.17, 15) is 14.7 Å². The van der Waals surface area contributed by atoms with Crippen molar-refractivity contribution in [1.82, 2.24) is 0 Å². The highest BCUT2D eigenvalue weighted by molar-refractivity contribution is 6.33. The number of carbonyl (C=O) groups is 2. The Morgan fingerprint density at radius 2 is 2.00 bits per heavy atom. The fourth-order valence-corrected chi connectivity index (χ4v) is 1.34. The molecule has 0 amide bonds. The molecule has 0 unspecified atom stereocenters. The minimum Gasteiger partial charge on any atom is -0.504 e. The number of phenolic OH excluding ortho intramolecular Hbond substituents is 1. The molecule has 0 saturated carbocycles. The van der Waals surface area contributed by atoms with Crippen molar-refractivity contribution in [3.63, 3.8) is 0 Å². The highest BCUT2D eigenvalue weighted by atomic mass is 16.5. The van der Waals surface area contributed by atoms with Crippen LogP contribution < -0.4 is 4.74 Å². The van der Waals surface area contributed by atoms with Crippen LogP contribution in [0, 0.1) is 6.92 Å². The van der Waals surface area contributed by atoms with Gasteiger partial charge in [-0.15, -0.1) is 0 Å². The number of aryl methyl sites for hydroxylation is 1. The van der Waals surface area contributed by atoms with Gasteiger partial charge in [0.05, 0.1) is 7.11 Å². The van der Waals surface area contributed by atoms with Crippen LogP contribution in [0.25, 0.3) is 0 Å². The first-order chi connectivity index (χ1) is 7.45. The summed E-state index contributed by atoms with van der Waals surface area (Å²) >= 11 is 0. The molecule has 0 aliphatic rings. The normalized spacial score (nSPS) is 9.88. The number of carbonyl (C=O) groups excluding carboxylic acids is 1. The number of carboxylic acid groups (broad SMARTS) is 1. The molecule has 0 radical (unpaired) electrons. The van der Waals surface area contributed by atoms with Gasteiger partial charge in [0.1, 0.15) is 0 Å². The first-order valence-electron chi connectivity index (χ1n) is 4.58. The lowest BCUT2D eigenvalue weighted by atomic mass is 10.0. The minimum atomic E-state index is -1.47. The Labute approximate surface area is 92.3 Å². The third-order valence-corrected chi connectivity index (χ3v) is 2.15. The van der Waals surface area contributed by atoms with Gasteiger partial charge in [0, 0.05) is 6.42 Å². The molecule has 16 heavy (non-hydrogen) atoms. The molecule has 0 heterocycles. The van der Waals surface area contributed by atoms with Crippen LogP contribution in [0.3, 0.4) is 0 Å². The maximum Gasteiger partial charge on any atom is 0.372 e. The second-order valence-electron chi connectivity index (χ2n) is 3.37. The van der Waals surface area contributed by atoms with Crippen molar-refractivity contribution in [2.24, 2.45) is 0 Å². The predicted octanol–water partition coefficient (Wildman–Crippen LogP) is 0.905. The molecule has 1 aromatic carbocycles. The monoisotopic (exact) mass is 224 g/mol. The zero-order valence-electron chi connectivity index (χ0n) is 8.98. The van der Waals surface area contributed by atoms with E-state index in [0.29, 0.717) is 11.1 Å². The Morgan fingerprint density at radius 1 is 1.38 bits per heavy atom. The topological polar surface area (TPSA) is 83.8 Å². The highest BCUT2D eigenvalue weighted by Gasteiger charge is 2.14. The Balaban J connectivity index is 3.03. The lowest BCUT2D eigenvalue weighted by Crippen LogP contribution is -2.15. The van der Waals surface area contributed by atoms with Crippen LogP contribution in [0.5, 0.6) is 11.5 Å². The van der Waals surface area contributed by atoms with Crippen LogP contribution in [0.4, 0.5) is 0 Å². The van der Waals surface area contributed by atoms with Gasteiger partial charge in [0.15, 0.2) is 11.5 Å². The molecule has 0 spiro atoms. The number of methoxy groups -OCH3 is 1.